The van der Waals surface area contributed by atoms with Crippen LogP contribution in [0.5, 0.6) is 0 Å². The molecule has 0 amide bonds. The van der Waals surface area contributed by atoms with E-state index in [-0.39, 0.29) is 5.92 Å². The summed E-state index contributed by atoms with van der Waals surface area (Å²) < 4.78 is 0. The van der Waals surface area contributed by atoms with Crippen LogP contribution in [-0.4, -0.2) is 0 Å². The Labute approximate surface area is 57.0 Å². The molecule has 0 saturated carbocycles. The number of nitriles is 1. The highest BCUT2D eigenvalue weighted by Crippen LogP contribution is 1.99. The van der Waals surface area contributed by atoms with E-state index in [0.29, 0.717) is 0 Å². The fourth-order valence-electron chi connectivity index (χ4n) is 0.520. The maximum atomic E-state index is 8.35. The SMILES string of the molecule is CC/C=C\CC(C)C#N. The molecule has 0 radical (unpaired) electrons. The van der Waals surface area contributed by atoms with Crippen LogP contribution in [0.25, 0.3) is 0 Å². The van der Waals surface area contributed by atoms with Gasteiger partial charge in [0.2, 0.25) is 0 Å². The van der Waals surface area contributed by atoms with E-state index in [0.717, 1.165) is 12.8 Å². The van der Waals surface area contributed by atoms with Crippen molar-refractivity contribution in [2.24, 2.45) is 5.92 Å². The Morgan fingerprint density at radius 1 is 1.56 bits per heavy atom. The third-order valence-electron chi connectivity index (χ3n) is 1.11. The van der Waals surface area contributed by atoms with Crippen LogP contribution in [0.1, 0.15) is 26.7 Å². The van der Waals surface area contributed by atoms with E-state index in [9.17, 15) is 0 Å². The molecule has 0 spiro atoms. The highest BCUT2D eigenvalue weighted by atomic mass is 14.2. The Kier molecular flexibility index (Phi) is 4.91. The lowest BCUT2D eigenvalue weighted by Gasteiger charge is -1.91. The molecule has 0 aromatic heterocycles. The second-order valence-corrected chi connectivity index (χ2v) is 2.15. The van der Waals surface area contributed by atoms with Gasteiger partial charge in [0.15, 0.2) is 0 Å². The van der Waals surface area contributed by atoms with Gasteiger partial charge in [-0.1, -0.05) is 19.1 Å². The Bertz CT molecular complexity index is 119. The molecule has 1 heteroatoms. The second-order valence-electron chi connectivity index (χ2n) is 2.15. The molecule has 50 valence electrons. The van der Waals surface area contributed by atoms with E-state index < -0.39 is 0 Å². The standard InChI is InChI=1S/C8H13N/c1-3-4-5-6-8(2)7-9/h4-5,8H,3,6H2,1-2H3/b5-4-. The van der Waals surface area contributed by atoms with Crippen molar-refractivity contribution in [3.05, 3.63) is 12.2 Å². The van der Waals surface area contributed by atoms with Crippen molar-refractivity contribution in [1.29, 1.82) is 5.26 Å². The summed E-state index contributed by atoms with van der Waals surface area (Å²) >= 11 is 0. The van der Waals surface area contributed by atoms with Gasteiger partial charge < -0.3 is 0 Å². The molecule has 0 rings (SSSR count). The average Bonchev–Trinajstić information content (AvgIpc) is 1.89. The Hall–Kier alpha value is -0.770. The molecule has 0 aliphatic carbocycles. The lowest BCUT2D eigenvalue weighted by Crippen LogP contribution is -1.84. The summed E-state index contributed by atoms with van der Waals surface area (Å²) in [4.78, 5) is 0. The molecule has 1 nitrogen and oxygen atoms in total. The van der Waals surface area contributed by atoms with Gasteiger partial charge in [0, 0.05) is 5.92 Å². The summed E-state index contributed by atoms with van der Waals surface area (Å²) in [6.07, 6.45) is 6.12. The highest BCUT2D eigenvalue weighted by Gasteiger charge is 1.91. The quantitative estimate of drug-likeness (QED) is 0.529. The van der Waals surface area contributed by atoms with Gasteiger partial charge in [0.05, 0.1) is 6.07 Å². The van der Waals surface area contributed by atoms with Gasteiger partial charge >= 0.3 is 0 Å². The minimum Gasteiger partial charge on any atom is -0.198 e. The van der Waals surface area contributed by atoms with Crippen molar-refractivity contribution in [3.8, 4) is 6.07 Å². The number of hydrogen-bond acceptors (Lipinski definition) is 1. The Balaban J connectivity index is 3.29. The number of allylic oxidation sites excluding steroid dienone is 2. The van der Waals surface area contributed by atoms with Gasteiger partial charge in [0.1, 0.15) is 0 Å². The molecule has 0 aliphatic heterocycles. The smallest absolute Gasteiger partial charge is 0.0656 e. The summed E-state index contributed by atoms with van der Waals surface area (Å²) in [5.74, 6) is 0.174. The monoisotopic (exact) mass is 123 g/mol. The molecule has 0 saturated heterocycles. The van der Waals surface area contributed by atoms with Gasteiger partial charge in [-0.05, 0) is 19.8 Å². The van der Waals surface area contributed by atoms with Crippen molar-refractivity contribution >= 4 is 0 Å². The summed E-state index contributed by atoms with van der Waals surface area (Å²) in [5, 5.41) is 8.35. The zero-order valence-electron chi connectivity index (χ0n) is 6.09. The highest BCUT2D eigenvalue weighted by molar-refractivity contribution is 4.89. The molecule has 0 heterocycles. The molecule has 0 aromatic carbocycles. The van der Waals surface area contributed by atoms with Crippen molar-refractivity contribution in [1.82, 2.24) is 0 Å². The third-order valence-corrected chi connectivity index (χ3v) is 1.11. The van der Waals surface area contributed by atoms with Crippen LogP contribution in [0.2, 0.25) is 0 Å². The maximum Gasteiger partial charge on any atom is 0.0656 e. The topological polar surface area (TPSA) is 23.8 Å². The molecule has 9 heavy (non-hydrogen) atoms. The second kappa shape index (κ2) is 5.37. The summed E-state index contributed by atoms with van der Waals surface area (Å²) in [6, 6.07) is 2.17. The van der Waals surface area contributed by atoms with Gasteiger partial charge in [-0.15, -0.1) is 0 Å². The molecule has 0 fully saturated rings. The molecule has 0 aromatic rings. The minimum absolute atomic E-state index is 0.174. The first-order valence-corrected chi connectivity index (χ1v) is 3.35. The number of nitrogens with zero attached hydrogens (tertiary/aromatic N) is 1. The van der Waals surface area contributed by atoms with Crippen LogP contribution < -0.4 is 0 Å². The van der Waals surface area contributed by atoms with E-state index in [1.165, 1.54) is 0 Å². The van der Waals surface area contributed by atoms with E-state index in [2.05, 4.69) is 25.1 Å². The van der Waals surface area contributed by atoms with Crippen LogP contribution in [0.4, 0.5) is 0 Å². The molecular weight excluding hydrogens is 110 g/mol. The van der Waals surface area contributed by atoms with Crippen molar-refractivity contribution < 1.29 is 0 Å². The van der Waals surface area contributed by atoms with Crippen LogP contribution in [0.15, 0.2) is 12.2 Å². The normalized spacial score (nSPS) is 13.4. The summed E-state index contributed by atoms with van der Waals surface area (Å²) in [6.45, 7) is 4.02. The van der Waals surface area contributed by atoms with E-state index in [1.807, 2.05) is 6.92 Å². The molecular formula is C8H13N. The van der Waals surface area contributed by atoms with Crippen molar-refractivity contribution in [2.45, 2.75) is 26.7 Å². The van der Waals surface area contributed by atoms with Crippen LogP contribution in [0.3, 0.4) is 0 Å². The van der Waals surface area contributed by atoms with Crippen LogP contribution >= 0.6 is 0 Å². The first kappa shape index (κ1) is 8.23. The predicted octanol–water partition coefficient (Wildman–Crippen LogP) is 2.50. The number of rotatable bonds is 3. The average molecular weight is 123 g/mol. The lowest BCUT2D eigenvalue weighted by atomic mass is 10.1. The lowest BCUT2D eigenvalue weighted by molar-refractivity contribution is 0.758. The third kappa shape index (κ3) is 5.10. The zero-order valence-corrected chi connectivity index (χ0v) is 6.09. The first-order chi connectivity index (χ1) is 4.31. The molecule has 0 N–H and O–H groups in total. The Morgan fingerprint density at radius 2 is 2.22 bits per heavy atom. The minimum atomic E-state index is 0.174. The van der Waals surface area contributed by atoms with Crippen molar-refractivity contribution in [3.63, 3.8) is 0 Å². The van der Waals surface area contributed by atoms with E-state index in [1.54, 1.807) is 0 Å². The fourth-order valence-corrected chi connectivity index (χ4v) is 0.520. The molecule has 1 unspecified atom stereocenters. The largest absolute Gasteiger partial charge is 0.198 e. The van der Waals surface area contributed by atoms with Gasteiger partial charge in [-0.3, -0.25) is 0 Å². The summed E-state index contributed by atoms with van der Waals surface area (Å²) in [5.41, 5.74) is 0. The van der Waals surface area contributed by atoms with Crippen molar-refractivity contribution in [2.75, 3.05) is 0 Å². The van der Waals surface area contributed by atoms with Gasteiger partial charge in [0.25, 0.3) is 0 Å². The van der Waals surface area contributed by atoms with E-state index >= 15 is 0 Å². The summed E-state index contributed by atoms with van der Waals surface area (Å²) in [7, 11) is 0. The molecule has 0 bridgehead atoms. The van der Waals surface area contributed by atoms with E-state index in [4.69, 9.17) is 5.26 Å². The fraction of sp³-hybridized carbons (Fsp3) is 0.625. The van der Waals surface area contributed by atoms with Gasteiger partial charge in [-0.2, -0.15) is 5.26 Å². The van der Waals surface area contributed by atoms with Crippen LogP contribution in [0, 0.1) is 17.2 Å². The first-order valence-electron chi connectivity index (χ1n) is 3.35. The molecule has 0 aliphatic rings. The van der Waals surface area contributed by atoms with Gasteiger partial charge in [-0.25, -0.2) is 0 Å². The maximum absolute atomic E-state index is 8.35. The molecule has 1 atom stereocenters. The Morgan fingerprint density at radius 3 is 2.67 bits per heavy atom. The van der Waals surface area contributed by atoms with Crippen LogP contribution in [-0.2, 0) is 0 Å². The number of hydrogen-bond donors (Lipinski definition) is 0. The zero-order chi connectivity index (χ0) is 7.11. The predicted molar refractivity (Wildman–Crippen MR) is 38.8 cm³/mol.